The number of rotatable bonds is 8. The molecule has 1 aromatic heterocycles. The van der Waals surface area contributed by atoms with Crippen LogP contribution in [0, 0.1) is 10.1 Å². The summed E-state index contributed by atoms with van der Waals surface area (Å²) in [5.41, 5.74) is 1.33. The van der Waals surface area contributed by atoms with Crippen molar-refractivity contribution in [2.24, 2.45) is 7.05 Å². The number of hydrogen-bond donors (Lipinski definition) is 2. The monoisotopic (exact) mass is 446 g/mol. The van der Waals surface area contributed by atoms with Gasteiger partial charge in [0.1, 0.15) is 0 Å². The Bertz CT molecular complexity index is 1060. The maximum absolute atomic E-state index is 12.4. The predicted octanol–water partition coefficient (Wildman–Crippen LogP) is 4.11. The van der Waals surface area contributed by atoms with E-state index in [0.717, 1.165) is 5.69 Å². The highest BCUT2D eigenvalue weighted by molar-refractivity contribution is 8.00. The first kappa shape index (κ1) is 21.6. The summed E-state index contributed by atoms with van der Waals surface area (Å²) < 4.78 is 1.82. The van der Waals surface area contributed by atoms with Crippen molar-refractivity contribution in [3.63, 3.8) is 0 Å². The minimum absolute atomic E-state index is 0.0339. The Hall–Kier alpha value is -3.11. The number of nitro groups is 1. The van der Waals surface area contributed by atoms with Crippen LogP contribution in [0.25, 0.3) is 0 Å². The molecule has 0 spiro atoms. The Balaban J connectivity index is 1.57. The van der Waals surface area contributed by atoms with Gasteiger partial charge in [0.25, 0.3) is 5.69 Å². The summed E-state index contributed by atoms with van der Waals surface area (Å²) in [6, 6.07) is 13.1. The maximum atomic E-state index is 12.4. The standard InChI is InChI=1S/C19H19ClN6O3S/c1-12(18(27)22-14-6-8-16(9-7-14)26(28)29)30-19-24-23-17(25(19)2)11-21-15-5-3-4-13(20)10-15/h3-10,12,21H,11H2,1-2H3,(H,22,27)/t12-/m1/s1. The van der Waals surface area contributed by atoms with Gasteiger partial charge in [0.2, 0.25) is 5.91 Å². The van der Waals surface area contributed by atoms with Gasteiger partial charge in [-0.1, -0.05) is 29.4 Å². The second-order valence-corrected chi connectivity index (χ2v) is 8.12. The van der Waals surface area contributed by atoms with Gasteiger partial charge >= 0.3 is 0 Å². The number of nitrogens with one attached hydrogen (secondary N) is 2. The van der Waals surface area contributed by atoms with Crippen molar-refractivity contribution in [2.45, 2.75) is 23.9 Å². The van der Waals surface area contributed by atoms with Gasteiger partial charge in [-0.2, -0.15) is 0 Å². The highest BCUT2D eigenvalue weighted by atomic mass is 35.5. The third-order valence-electron chi connectivity index (χ3n) is 4.20. The predicted molar refractivity (Wildman–Crippen MR) is 117 cm³/mol. The second kappa shape index (κ2) is 9.59. The summed E-state index contributed by atoms with van der Waals surface area (Å²) in [7, 11) is 1.83. The lowest BCUT2D eigenvalue weighted by Crippen LogP contribution is -2.22. The Morgan fingerprint density at radius 2 is 1.97 bits per heavy atom. The first-order valence-corrected chi connectivity index (χ1v) is 10.2. The van der Waals surface area contributed by atoms with Crippen LogP contribution in [0.5, 0.6) is 0 Å². The van der Waals surface area contributed by atoms with Gasteiger partial charge in [0.05, 0.1) is 16.7 Å². The van der Waals surface area contributed by atoms with E-state index in [9.17, 15) is 14.9 Å². The van der Waals surface area contributed by atoms with E-state index in [1.807, 2.05) is 29.8 Å². The van der Waals surface area contributed by atoms with Crippen LogP contribution in [0.4, 0.5) is 17.1 Å². The molecular formula is C19H19ClN6O3S. The lowest BCUT2D eigenvalue weighted by atomic mass is 10.3. The summed E-state index contributed by atoms with van der Waals surface area (Å²) in [4.78, 5) is 22.7. The number of aromatic nitrogens is 3. The fourth-order valence-electron chi connectivity index (χ4n) is 2.50. The summed E-state index contributed by atoms with van der Waals surface area (Å²) in [6.45, 7) is 2.21. The topological polar surface area (TPSA) is 115 Å². The van der Waals surface area contributed by atoms with Crippen molar-refractivity contribution in [3.8, 4) is 0 Å². The van der Waals surface area contributed by atoms with Crippen molar-refractivity contribution < 1.29 is 9.72 Å². The zero-order valence-corrected chi connectivity index (χ0v) is 17.8. The molecule has 0 saturated carbocycles. The Labute approximate surface area is 182 Å². The number of carbonyl (C=O) groups is 1. The molecule has 0 unspecified atom stereocenters. The molecule has 0 bridgehead atoms. The smallest absolute Gasteiger partial charge is 0.269 e. The highest BCUT2D eigenvalue weighted by Crippen LogP contribution is 2.24. The number of carbonyl (C=O) groups excluding carboxylic acids is 1. The summed E-state index contributed by atoms with van der Waals surface area (Å²) in [5, 5.41) is 25.8. The van der Waals surface area contributed by atoms with Gasteiger partial charge in [-0.05, 0) is 37.3 Å². The van der Waals surface area contributed by atoms with Gasteiger partial charge in [0.15, 0.2) is 11.0 Å². The summed E-state index contributed by atoms with van der Waals surface area (Å²) >= 11 is 7.25. The van der Waals surface area contributed by atoms with E-state index in [2.05, 4.69) is 20.8 Å². The van der Waals surface area contributed by atoms with Crippen LogP contribution in [-0.4, -0.2) is 30.8 Å². The van der Waals surface area contributed by atoms with Crippen molar-refractivity contribution in [1.82, 2.24) is 14.8 Å². The van der Waals surface area contributed by atoms with Crippen LogP contribution < -0.4 is 10.6 Å². The van der Waals surface area contributed by atoms with E-state index < -0.39 is 10.2 Å². The molecule has 0 radical (unpaired) electrons. The fourth-order valence-corrected chi connectivity index (χ4v) is 3.53. The van der Waals surface area contributed by atoms with Crippen LogP contribution >= 0.6 is 23.4 Å². The van der Waals surface area contributed by atoms with Crippen LogP contribution in [0.2, 0.25) is 5.02 Å². The third kappa shape index (κ3) is 5.49. The number of amides is 1. The van der Waals surface area contributed by atoms with Gasteiger partial charge in [0, 0.05) is 35.6 Å². The molecular weight excluding hydrogens is 428 g/mol. The van der Waals surface area contributed by atoms with Gasteiger partial charge in [-0.25, -0.2) is 0 Å². The number of nitrogens with zero attached hydrogens (tertiary/aromatic N) is 4. The maximum Gasteiger partial charge on any atom is 0.269 e. The molecule has 1 atom stereocenters. The van der Waals surface area contributed by atoms with Crippen LogP contribution in [-0.2, 0) is 18.4 Å². The fraction of sp³-hybridized carbons (Fsp3) is 0.211. The van der Waals surface area contributed by atoms with E-state index in [-0.39, 0.29) is 11.6 Å². The number of nitro benzene ring substituents is 1. The molecule has 156 valence electrons. The number of thioether (sulfide) groups is 1. The van der Waals surface area contributed by atoms with Crippen molar-refractivity contribution in [2.75, 3.05) is 10.6 Å². The second-order valence-electron chi connectivity index (χ2n) is 6.38. The molecule has 11 heteroatoms. The van der Waals surface area contributed by atoms with E-state index in [4.69, 9.17) is 11.6 Å². The molecule has 30 heavy (non-hydrogen) atoms. The number of hydrogen-bond acceptors (Lipinski definition) is 7. The molecule has 9 nitrogen and oxygen atoms in total. The van der Waals surface area contributed by atoms with Crippen LogP contribution in [0.3, 0.4) is 0 Å². The first-order valence-electron chi connectivity index (χ1n) is 8.93. The van der Waals surface area contributed by atoms with E-state index in [1.165, 1.54) is 36.0 Å². The average molecular weight is 447 g/mol. The lowest BCUT2D eigenvalue weighted by molar-refractivity contribution is -0.384. The SMILES string of the molecule is C[C@@H](Sc1nnc(CNc2cccc(Cl)c2)n1C)C(=O)Nc1ccc([N+](=O)[O-])cc1. The molecule has 2 N–H and O–H groups in total. The zero-order chi connectivity index (χ0) is 21.7. The van der Waals surface area contributed by atoms with Crippen LogP contribution in [0.1, 0.15) is 12.7 Å². The number of halogens is 1. The molecule has 3 aromatic rings. The molecule has 0 aliphatic carbocycles. The molecule has 3 rings (SSSR count). The summed E-state index contributed by atoms with van der Waals surface area (Å²) in [6.07, 6.45) is 0. The molecule has 1 heterocycles. The quantitative estimate of drug-likeness (QED) is 0.304. The average Bonchev–Trinajstić information content (AvgIpc) is 3.06. The van der Waals surface area contributed by atoms with Crippen molar-refractivity contribution in [3.05, 3.63) is 69.5 Å². The Morgan fingerprint density at radius 1 is 1.23 bits per heavy atom. The molecule has 1 amide bonds. The Morgan fingerprint density at radius 3 is 2.63 bits per heavy atom. The van der Waals surface area contributed by atoms with Crippen molar-refractivity contribution >= 4 is 46.3 Å². The highest BCUT2D eigenvalue weighted by Gasteiger charge is 2.19. The number of anilines is 2. The molecule has 2 aromatic carbocycles. The number of non-ortho nitro benzene ring substituents is 1. The van der Waals surface area contributed by atoms with Gasteiger partial charge < -0.3 is 15.2 Å². The molecule has 0 aliphatic rings. The molecule has 0 fully saturated rings. The summed E-state index contributed by atoms with van der Waals surface area (Å²) in [5.74, 6) is 0.468. The Kier molecular flexibility index (Phi) is 6.91. The van der Waals surface area contributed by atoms with E-state index in [0.29, 0.717) is 28.2 Å². The van der Waals surface area contributed by atoms with Gasteiger partial charge in [-0.3, -0.25) is 14.9 Å². The minimum atomic E-state index is -0.489. The molecule has 0 saturated heterocycles. The number of benzene rings is 2. The van der Waals surface area contributed by atoms with Gasteiger partial charge in [-0.15, -0.1) is 10.2 Å². The molecule has 0 aliphatic heterocycles. The zero-order valence-electron chi connectivity index (χ0n) is 16.2. The third-order valence-corrected chi connectivity index (χ3v) is 5.57. The minimum Gasteiger partial charge on any atom is -0.378 e. The largest absolute Gasteiger partial charge is 0.378 e. The normalized spacial score (nSPS) is 11.7. The first-order chi connectivity index (χ1) is 14.3. The van der Waals surface area contributed by atoms with E-state index in [1.54, 1.807) is 13.0 Å². The van der Waals surface area contributed by atoms with Crippen LogP contribution in [0.15, 0.2) is 53.7 Å². The van der Waals surface area contributed by atoms with Crippen molar-refractivity contribution in [1.29, 1.82) is 0 Å². The van der Waals surface area contributed by atoms with E-state index >= 15 is 0 Å². The lowest BCUT2D eigenvalue weighted by Gasteiger charge is -2.12.